The predicted octanol–water partition coefficient (Wildman–Crippen LogP) is 6.91. The van der Waals surface area contributed by atoms with Crippen LogP contribution in [-0.2, 0) is 4.79 Å². The minimum atomic E-state index is -0.940. The second-order valence-electron chi connectivity index (χ2n) is 11.2. The number of carbonyl (C=O) groups excluding carboxylic acids is 1. The molecule has 8 nitrogen and oxygen atoms in total. The fraction of sp³-hybridized carbons (Fsp3) is 0.364. The number of carboxylic acids is 1. The summed E-state index contributed by atoms with van der Waals surface area (Å²) in [5.41, 5.74) is 4.89. The Morgan fingerprint density at radius 1 is 0.951 bits per heavy atom. The van der Waals surface area contributed by atoms with E-state index in [1.54, 1.807) is 12.1 Å². The third-order valence-corrected chi connectivity index (χ3v) is 8.33. The van der Waals surface area contributed by atoms with Crippen molar-refractivity contribution < 1.29 is 19.4 Å². The highest BCUT2D eigenvalue weighted by atomic mass is 16.5. The van der Waals surface area contributed by atoms with Crippen LogP contribution in [0.3, 0.4) is 0 Å². The van der Waals surface area contributed by atoms with Crippen LogP contribution in [0.4, 0.5) is 11.4 Å². The second kappa shape index (κ2) is 11.6. The molecule has 1 atom stereocenters. The van der Waals surface area contributed by atoms with Crippen LogP contribution >= 0.6 is 0 Å². The van der Waals surface area contributed by atoms with E-state index in [-0.39, 0.29) is 17.5 Å². The van der Waals surface area contributed by atoms with Crippen molar-refractivity contribution in [3.63, 3.8) is 0 Å². The van der Waals surface area contributed by atoms with Crippen LogP contribution in [-0.4, -0.2) is 45.7 Å². The number of amides is 1. The first-order valence-corrected chi connectivity index (χ1v) is 14.6. The molecule has 1 aromatic heterocycles. The van der Waals surface area contributed by atoms with Crippen LogP contribution in [0.25, 0.3) is 22.4 Å². The van der Waals surface area contributed by atoms with Gasteiger partial charge >= 0.3 is 5.97 Å². The first-order chi connectivity index (χ1) is 20.0. The van der Waals surface area contributed by atoms with Crippen molar-refractivity contribution in [1.29, 1.82) is 0 Å². The number of carboxylic acid groups (broad SMARTS) is 1. The summed E-state index contributed by atoms with van der Waals surface area (Å²) in [5.74, 6) is 0.681. The summed E-state index contributed by atoms with van der Waals surface area (Å²) in [5, 5.41) is 12.3. The highest BCUT2D eigenvalue weighted by Gasteiger charge is 2.26. The van der Waals surface area contributed by atoms with E-state index in [0.29, 0.717) is 12.6 Å². The van der Waals surface area contributed by atoms with Gasteiger partial charge < -0.3 is 24.6 Å². The maximum atomic E-state index is 11.6. The zero-order valence-electron chi connectivity index (χ0n) is 23.4. The Hall–Kier alpha value is -4.33. The number of carbonyl (C=O) groups is 2. The van der Waals surface area contributed by atoms with Gasteiger partial charge in [0, 0.05) is 36.4 Å². The number of aromatic carboxylic acids is 1. The van der Waals surface area contributed by atoms with Gasteiger partial charge in [-0.3, -0.25) is 4.79 Å². The van der Waals surface area contributed by atoms with Gasteiger partial charge in [0.15, 0.2) is 0 Å². The van der Waals surface area contributed by atoms with Gasteiger partial charge in [0.2, 0.25) is 5.91 Å². The number of aromatic nitrogens is 2. The van der Waals surface area contributed by atoms with Crippen molar-refractivity contribution >= 4 is 34.3 Å². The smallest absolute Gasteiger partial charge is 0.335 e. The monoisotopic (exact) mass is 552 g/mol. The number of nitrogens with one attached hydrogen (secondary N) is 1. The Balaban J connectivity index is 1.19. The number of anilines is 2. The molecule has 2 N–H and O–H groups in total. The van der Waals surface area contributed by atoms with Crippen molar-refractivity contribution in [2.75, 3.05) is 23.4 Å². The number of benzene rings is 3. The molecule has 0 radical (unpaired) electrons. The van der Waals surface area contributed by atoms with E-state index in [1.807, 2.05) is 30.3 Å². The van der Waals surface area contributed by atoms with Crippen LogP contribution in [0, 0.1) is 0 Å². The minimum absolute atomic E-state index is 0.0743. The summed E-state index contributed by atoms with van der Waals surface area (Å²) in [6, 6.07) is 22.0. The molecule has 8 heteroatoms. The van der Waals surface area contributed by atoms with Crippen molar-refractivity contribution in [3.8, 4) is 17.1 Å². The number of fused-ring (bicyclic) bond motifs is 1. The molecule has 2 aliphatic rings. The van der Waals surface area contributed by atoms with Gasteiger partial charge in [-0.1, -0.05) is 19.3 Å². The third kappa shape index (κ3) is 5.78. The zero-order chi connectivity index (χ0) is 28.3. The topological polar surface area (TPSA) is 96.7 Å². The number of hydrogen-bond donors (Lipinski definition) is 2. The second-order valence-corrected chi connectivity index (χ2v) is 11.2. The largest absolute Gasteiger partial charge is 0.491 e. The molecular weight excluding hydrogens is 516 g/mol. The summed E-state index contributed by atoms with van der Waals surface area (Å²) in [4.78, 5) is 30.2. The lowest BCUT2D eigenvalue weighted by Crippen LogP contribution is -2.34. The summed E-state index contributed by atoms with van der Waals surface area (Å²) in [7, 11) is 0. The summed E-state index contributed by atoms with van der Waals surface area (Å²) in [6.45, 7) is 3.08. The molecule has 4 aromatic rings. The van der Waals surface area contributed by atoms with Crippen molar-refractivity contribution in [1.82, 2.24) is 9.55 Å². The summed E-state index contributed by atoms with van der Waals surface area (Å²) in [6.07, 6.45) is 8.04. The minimum Gasteiger partial charge on any atom is -0.491 e. The van der Waals surface area contributed by atoms with E-state index in [4.69, 9.17) is 9.72 Å². The molecule has 1 amide bonds. The number of hydrogen-bond acceptors (Lipinski definition) is 5. The quantitative estimate of drug-likeness (QED) is 0.246. The van der Waals surface area contributed by atoms with Crippen LogP contribution in [0.5, 0.6) is 5.75 Å². The average Bonchev–Trinajstić information content (AvgIpc) is 3.61. The summed E-state index contributed by atoms with van der Waals surface area (Å²) >= 11 is 0. The Labute approximate surface area is 240 Å². The number of nitrogens with zero attached hydrogens (tertiary/aromatic N) is 3. The molecule has 1 aliphatic heterocycles. The molecule has 0 spiro atoms. The number of imidazole rings is 1. The Morgan fingerprint density at radius 2 is 1.71 bits per heavy atom. The molecule has 3 aromatic carbocycles. The van der Waals surface area contributed by atoms with E-state index in [1.165, 1.54) is 26.2 Å². The molecule has 1 aliphatic carbocycles. The van der Waals surface area contributed by atoms with E-state index in [0.717, 1.165) is 71.8 Å². The van der Waals surface area contributed by atoms with Crippen molar-refractivity contribution in [3.05, 3.63) is 72.3 Å². The Kier molecular flexibility index (Phi) is 7.63. The average molecular weight is 553 g/mol. The molecule has 0 bridgehead atoms. The fourth-order valence-electron chi connectivity index (χ4n) is 6.33. The maximum absolute atomic E-state index is 11.6. The lowest BCUT2D eigenvalue weighted by molar-refractivity contribution is -0.114. The van der Waals surface area contributed by atoms with Crippen LogP contribution < -0.4 is 15.0 Å². The van der Waals surface area contributed by atoms with Crippen molar-refractivity contribution in [2.24, 2.45) is 0 Å². The first kappa shape index (κ1) is 26.9. The van der Waals surface area contributed by atoms with Gasteiger partial charge in [-0.15, -0.1) is 0 Å². The molecular formula is C33H36N4O4. The molecule has 1 unspecified atom stereocenters. The van der Waals surface area contributed by atoms with Gasteiger partial charge in [-0.05, 0) is 92.4 Å². The van der Waals surface area contributed by atoms with E-state index >= 15 is 0 Å². The van der Waals surface area contributed by atoms with E-state index in [2.05, 4.69) is 39.0 Å². The molecule has 212 valence electrons. The van der Waals surface area contributed by atoms with Gasteiger partial charge in [-0.2, -0.15) is 0 Å². The molecule has 41 heavy (non-hydrogen) atoms. The molecule has 2 fully saturated rings. The van der Waals surface area contributed by atoms with Crippen molar-refractivity contribution in [2.45, 2.75) is 64.0 Å². The zero-order valence-corrected chi connectivity index (χ0v) is 23.4. The predicted molar refractivity (Wildman–Crippen MR) is 161 cm³/mol. The normalized spacial score (nSPS) is 17.6. The van der Waals surface area contributed by atoms with Gasteiger partial charge in [0.05, 0.1) is 22.6 Å². The molecule has 1 saturated heterocycles. The lowest BCUT2D eigenvalue weighted by atomic mass is 9.95. The van der Waals surface area contributed by atoms with Crippen LogP contribution in [0.15, 0.2) is 66.7 Å². The molecule has 1 saturated carbocycles. The lowest BCUT2D eigenvalue weighted by Gasteiger charge is -2.27. The number of ether oxygens (including phenoxy) is 1. The SMILES string of the molecule is CC(=O)Nc1ccc(N2CCCC2COc2ccc(-c3nc4cc(C(=O)O)ccc4n3C3CCCCC3)cc2)cc1. The highest BCUT2D eigenvalue weighted by molar-refractivity contribution is 5.93. The van der Waals surface area contributed by atoms with Crippen LogP contribution in [0.2, 0.25) is 0 Å². The Bertz CT molecular complexity index is 1540. The standard InChI is InChI=1S/C33H36N4O4/c1-22(38)34-25-12-14-26(15-13-25)36-19-5-8-28(36)21-41-29-16-9-23(10-17-29)32-35-30-20-24(33(39)40)11-18-31(30)37(32)27-6-3-2-4-7-27/h9-18,20,27-28H,2-8,19,21H2,1H3,(H,34,38)(H,39,40). The summed E-state index contributed by atoms with van der Waals surface area (Å²) < 4.78 is 8.59. The molecule has 6 rings (SSSR count). The fourth-order valence-corrected chi connectivity index (χ4v) is 6.33. The van der Waals surface area contributed by atoms with Crippen LogP contribution in [0.1, 0.15) is 68.3 Å². The van der Waals surface area contributed by atoms with E-state index < -0.39 is 5.97 Å². The van der Waals surface area contributed by atoms with Gasteiger partial charge in [-0.25, -0.2) is 9.78 Å². The van der Waals surface area contributed by atoms with Gasteiger partial charge in [0.1, 0.15) is 18.2 Å². The van der Waals surface area contributed by atoms with E-state index in [9.17, 15) is 14.7 Å². The maximum Gasteiger partial charge on any atom is 0.335 e. The molecule has 2 heterocycles. The Morgan fingerprint density at radius 3 is 2.41 bits per heavy atom. The number of rotatable bonds is 8. The third-order valence-electron chi connectivity index (χ3n) is 8.33. The highest BCUT2D eigenvalue weighted by Crippen LogP contribution is 2.37. The van der Waals surface area contributed by atoms with Gasteiger partial charge in [0.25, 0.3) is 0 Å². The first-order valence-electron chi connectivity index (χ1n) is 14.6.